The second-order valence-corrected chi connectivity index (χ2v) is 7.12. The van der Waals surface area contributed by atoms with Crippen molar-refractivity contribution < 1.29 is 9.47 Å². The van der Waals surface area contributed by atoms with Crippen LogP contribution in [0.5, 0.6) is 0 Å². The number of methoxy groups -OCH3 is 2. The number of rotatable bonds is 8. The largest absolute Gasteiger partial charge is 0.355 e. The molecule has 0 radical (unpaired) electrons. The van der Waals surface area contributed by atoms with Gasteiger partial charge in [0.25, 0.3) is 0 Å². The zero-order valence-electron chi connectivity index (χ0n) is 16.9. The average molecular weight is 397 g/mol. The van der Waals surface area contributed by atoms with Crippen molar-refractivity contribution >= 4 is 23.2 Å². The molecule has 154 valence electrons. The predicted molar refractivity (Wildman–Crippen MR) is 111 cm³/mol. The van der Waals surface area contributed by atoms with Crippen LogP contribution in [0.4, 0.5) is 11.5 Å². The first-order chi connectivity index (χ1) is 14.2. The van der Waals surface area contributed by atoms with Crippen molar-refractivity contribution in [2.45, 2.75) is 25.2 Å². The quantitative estimate of drug-likeness (QED) is 0.585. The summed E-state index contributed by atoms with van der Waals surface area (Å²) in [5, 5.41) is 7.91. The summed E-state index contributed by atoms with van der Waals surface area (Å²) in [6, 6.07) is 0.382. The Morgan fingerprint density at radius 1 is 1.24 bits per heavy atom. The van der Waals surface area contributed by atoms with Crippen LogP contribution in [-0.4, -0.2) is 69.2 Å². The predicted octanol–water partition coefficient (Wildman–Crippen LogP) is 2.57. The number of nitrogens with zero attached hydrogens (tertiary/aromatic N) is 6. The normalized spacial score (nSPS) is 16.0. The van der Waals surface area contributed by atoms with Gasteiger partial charge in [0.2, 0.25) is 0 Å². The van der Waals surface area contributed by atoms with E-state index in [9.17, 15) is 0 Å². The van der Waals surface area contributed by atoms with E-state index in [2.05, 4.69) is 31.9 Å². The molecule has 9 heteroatoms. The van der Waals surface area contributed by atoms with Gasteiger partial charge in [0, 0.05) is 52.4 Å². The lowest BCUT2D eigenvalue weighted by atomic mass is 10.1. The topological polar surface area (TPSA) is 81.7 Å². The van der Waals surface area contributed by atoms with Crippen molar-refractivity contribution in [3.63, 3.8) is 0 Å². The lowest BCUT2D eigenvalue weighted by Crippen LogP contribution is -2.40. The molecule has 1 fully saturated rings. The molecule has 4 rings (SSSR count). The molecule has 1 aliphatic rings. The van der Waals surface area contributed by atoms with E-state index in [-0.39, 0.29) is 6.29 Å². The van der Waals surface area contributed by atoms with Crippen LogP contribution in [0, 0.1) is 0 Å². The second-order valence-electron chi connectivity index (χ2n) is 7.12. The number of anilines is 2. The van der Waals surface area contributed by atoms with Gasteiger partial charge in [-0.3, -0.25) is 14.0 Å². The Morgan fingerprint density at radius 3 is 2.76 bits per heavy atom. The zero-order chi connectivity index (χ0) is 20.2. The zero-order valence-corrected chi connectivity index (χ0v) is 16.9. The van der Waals surface area contributed by atoms with Crippen molar-refractivity contribution in [3.05, 3.63) is 43.3 Å². The number of likely N-dealkylation sites (tertiary alicyclic amines) is 1. The maximum atomic E-state index is 5.30. The Bertz CT molecular complexity index is 955. The lowest BCUT2D eigenvalue weighted by molar-refractivity contribution is -0.118. The van der Waals surface area contributed by atoms with E-state index in [1.165, 1.54) is 0 Å². The first-order valence-corrected chi connectivity index (χ1v) is 9.75. The van der Waals surface area contributed by atoms with E-state index >= 15 is 0 Å². The van der Waals surface area contributed by atoms with Gasteiger partial charge in [0.1, 0.15) is 0 Å². The third-order valence-corrected chi connectivity index (χ3v) is 5.39. The van der Waals surface area contributed by atoms with Gasteiger partial charge in [0.15, 0.2) is 17.8 Å². The number of ether oxygens (including phenoxy) is 2. The van der Waals surface area contributed by atoms with E-state index in [0.717, 1.165) is 49.5 Å². The molecular weight excluding hydrogens is 370 g/mol. The third-order valence-electron chi connectivity index (χ3n) is 5.39. The minimum Gasteiger partial charge on any atom is -0.355 e. The van der Waals surface area contributed by atoms with Crippen LogP contribution >= 0.6 is 0 Å². The van der Waals surface area contributed by atoms with Crippen LogP contribution in [0.3, 0.4) is 0 Å². The highest BCUT2D eigenvalue weighted by molar-refractivity contribution is 5.70. The second kappa shape index (κ2) is 8.73. The molecule has 1 N–H and O–H groups in total. The molecule has 0 spiro atoms. The Morgan fingerprint density at radius 2 is 2.03 bits per heavy atom. The van der Waals surface area contributed by atoms with Crippen molar-refractivity contribution in [2.24, 2.45) is 0 Å². The van der Waals surface area contributed by atoms with Crippen LogP contribution in [0.25, 0.3) is 11.7 Å². The summed E-state index contributed by atoms with van der Waals surface area (Å²) in [6.45, 7) is 6.60. The molecular formula is C20H27N7O2. The highest BCUT2D eigenvalue weighted by atomic mass is 16.7. The fraction of sp³-hybridized carbons (Fsp3) is 0.450. The third kappa shape index (κ3) is 4.16. The fourth-order valence-corrected chi connectivity index (χ4v) is 3.74. The molecule has 1 aliphatic heterocycles. The standard InChI is InChI=1S/C20H27N7O2/c1-4-16-12-22-19(20-21-7-10-26(16)20)24-15-11-23-27(13-15)17-5-8-25(9-6-17)14-18(28-2)29-3/h4,7,10-13,17-18H,1,5-6,8-9,14H2,2-3H3,(H,22,24). The van der Waals surface area contributed by atoms with Gasteiger partial charge in [-0.25, -0.2) is 9.97 Å². The van der Waals surface area contributed by atoms with Gasteiger partial charge < -0.3 is 14.8 Å². The summed E-state index contributed by atoms with van der Waals surface area (Å²) in [5.74, 6) is 0.695. The van der Waals surface area contributed by atoms with E-state index in [1.807, 2.05) is 27.7 Å². The van der Waals surface area contributed by atoms with Crippen LogP contribution in [-0.2, 0) is 9.47 Å². The molecule has 0 amide bonds. The number of fused-ring (bicyclic) bond motifs is 1. The Kier molecular flexibility index (Phi) is 5.89. The number of piperidine rings is 1. The first-order valence-electron chi connectivity index (χ1n) is 9.75. The lowest BCUT2D eigenvalue weighted by Gasteiger charge is -2.33. The van der Waals surface area contributed by atoms with E-state index in [0.29, 0.717) is 11.9 Å². The molecule has 1 saturated heterocycles. The molecule has 9 nitrogen and oxygen atoms in total. The molecule has 0 unspecified atom stereocenters. The number of aromatic nitrogens is 5. The minimum absolute atomic E-state index is 0.175. The molecule has 0 bridgehead atoms. The van der Waals surface area contributed by atoms with E-state index < -0.39 is 0 Å². The van der Waals surface area contributed by atoms with Gasteiger partial charge in [-0.1, -0.05) is 6.58 Å². The number of imidazole rings is 1. The number of nitrogens with one attached hydrogen (secondary N) is 1. The van der Waals surface area contributed by atoms with Crippen molar-refractivity contribution in [3.8, 4) is 0 Å². The molecule has 0 aliphatic carbocycles. The van der Waals surface area contributed by atoms with Crippen molar-refractivity contribution in [1.82, 2.24) is 29.0 Å². The summed E-state index contributed by atoms with van der Waals surface area (Å²) in [5.41, 5.74) is 2.55. The van der Waals surface area contributed by atoms with Crippen LogP contribution in [0.2, 0.25) is 0 Å². The van der Waals surface area contributed by atoms with Crippen molar-refractivity contribution in [1.29, 1.82) is 0 Å². The van der Waals surface area contributed by atoms with Gasteiger partial charge in [-0.05, 0) is 18.9 Å². The molecule has 0 aromatic carbocycles. The van der Waals surface area contributed by atoms with Crippen LogP contribution < -0.4 is 5.32 Å². The summed E-state index contributed by atoms with van der Waals surface area (Å²) in [4.78, 5) is 11.3. The molecule has 0 atom stereocenters. The summed E-state index contributed by atoms with van der Waals surface area (Å²) in [6.07, 6.45) is 13.0. The highest BCUT2D eigenvalue weighted by Crippen LogP contribution is 2.25. The Balaban J connectivity index is 1.40. The number of hydrogen-bond donors (Lipinski definition) is 1. The van der Waals surface area contributed by atoms with Gasteiger partial charge in [0.05, 0.1) is 29.8 Å². The summed E-state index contributed by atoms with van der Waals surface area (Å²) < 4.78 is 14.6. The monoisotopic (exact) mass is 397 g/mol. The van der Waals surface area contributed by atoms with E-state index in [1.54, 1.807) is 32.7 Å². The maximum Gasteiger partial charge on any atom is 0.180 e. The van der Waals surface area contributed by atoms with Gasteiger partial charge in [-0.2, -0.15) is 5.10 Å². The minimum atomic E-state index is -0.175. The SMILES string of the molecule is C=Cc1cnc(Nc2cnn(C3CCN(CC(OC)OC)CC3)c2)c2nccn12. The number of hydrogen-bond acceptors (Lipinski definition) is 7. The fourth-order valence-electron chi connectivity index (χ4n) is 3.74. The smallest absolute Gasteiger partial charge is 0.180 e. The molecule has 3 aromatic heterocycles. The van der Waals surface area contributed by atoms with Crippen LogP contribution in [0.1, 0.15) is 24.6 Å². The van der Waals surface area contributed by atoms with Gasteiger partial charge in [-0.15, -0.1) is 0 Å². The highest BCUT2D eigenvalue weighted by Gasteiger charge is 2.23. The summed E-state index contributed by atoms with van der Waals surface area (Å²) >= 11 is 0. The Labute approximate surface area is 170 Å². The molecule has 4 heterocycles. The summed E-state index contributed by atoms with van der Waals surface area (Å²) in [7, 11) is 3.35. The first kappa shape index (κ1) is 19.6. The molecule has 0 saturated carbocycles. The molecule has 3 aromatic rings. The van der Waals surface area contributed by atoms with Crippen LogP contribution in [0.15, 0.2) is 37.6 Å². The van der Waals surface area contributed by atoms with Gasteiger partial charge >= 0.3 is 0 Å². The van der Waals surface area contributed by atoms with E-state index in [4.69, 9.17) is 9.47 Å². The van der Waals surface area contributed by atoms with Crippen molar-refractivity contribution in [2.75, 3.05) is 39.2 Å². The average Bonchev–Trinajstić information content (AvgIpc) is 3.43. The Hall–Kier alpha value is -2.75. The molecule has 29 heavy (non-hydrogen) atoms. The maximum absolute atomic E-state index is 5.30.